The molecule has 0 bridgehead atoms. The molecule has 0 unspecified atom stereocenters. The van der Waals surface area contributed by atoms with E-state index in [0.717, 1.165) is 31.7 Å². The van der Waals surface area contributed by atoms with Crippen LogP contribution >= 0.6 is 0 Å². The van der Waals surface area contributed by atoms with E-state index in [4.69, 9.17) is 10.5 Å². The van der Waals surface area contributed by atoms with Crippen LogP contribution in [0.5, 0.6) is 0 Å². The zero-order valence-electron chi connectivity index (χ0n) is 12.1. The maximum atomic E-state index is 9.05. The Morgan fingerprint density at radius 3 is 3.10 bits per heavy atom. The molecule has 1 aromatic heterocycles. The Morgan fingerprint density at radius 2 is 2.38 bits per heavy atom. The van der Waals surface area contributed by atoms with Crippen LogP contribution in [-0.2, 0) is 0 Å². The topological polar surface area (TPSA) is 88.6 Å². The van der Waals surface area contributed by atoms with Gasteiger partial charge < -0.3 is 10.2 Å². The van der Waals surface area contributed by atoms with Gasteiger partial charge in [0.1, 0.15) is 0 Å². The molecule has 1 saturated heterocycles. The fourth-order valence-electron chi connectivity index (χ4n) is 2.67. The molecule has 110 valence electrons. The van der Waals surface area contributed by atoms with E-state index < -0.39 is 0 Å². The maximum absolute atomic E-state index is 9.05. The molecule has 0 aliphatic carbocycles. The van der Waals surface area contributed by atoms with Crippen molar-refractivity contribution in [2.75, 3.05) is 24.5 Å². The maximum Gasteiger partial charge on any atom is 0.151 e. The highest BCUT2D eigenvalue weighted by molar-refractivity contribution is 5.39. The van der Waals surface area contributed by atoms with E-state index in [-0.39, 0.29) is 5.92 Å². The standard InChI is InChI=1S/C15H20N6/c16-7-1-4-13(10-17)11-18-12-14-5-3-9-21(14)15-6-2-8-19-20-15/h2,6,8,13-14,18H,1,3-5,9,11-12H2/t13-,14-/m1/s1. The van der Waals surface area contributed by atoms with Gasteiger partial charge in [-0.3, -0.25) is 0 Å². The molecule has 1 aliphatic heterocycles. The smallest absolute Gasteiger partial charge is 0.151 e. The van der Waals surface area contributed by atoms with Crippen LogP contribution in [0.1, 0.15) is 25.7 Å². The molecule has 1 aliphatic rings. The van der Waals surface area contributed by atoms with Crippen LogP contribution in [0.15, 0.2) is 18.3 Å². The molecule has 2 rings (SSSR count). The number of anilines is 1. The zero-order valence-corrected chi connectivity index (χ0v) is 12.1. The van der Waals surface area contributed by atoms with Crippen LogP contribution in [0.4, 0.5) is 5.82 Å². The lowest BCUT2D eigenvalue weighted by molar-refractivity contribution is 0.504. The molecule has 1 fully saturated rings. The Balaban J connectivity index is 1.80. The SMILES string of the molecule is N#CCC[C@H](C#N)CNC[C@H]1CCCN1c1cccnn1. The summed E-state index contributed by atoms with van der Waals surface area (Å²) >= 11 is 0. The summed E-state index contributed by atoms with van der Waals surface area (Å²) < 4.78 is 0. The molecule has 0 spiro atoms. The number of nitrogens with zero attached hydrogens (tertiary/aromatic N) is 5. The van der Waals surface area contributed by atoms with Crippen molar-refractivity contribution in [1.29, 1.82) is 10.5 Å². The van der Waals surface area contributed by atoms with Crippen LogP contribution in [-0.4, -0.2) is 35.9 Å². The van der Waals surface area contributed by atoms with Gasteiger partial charge in [-0.05, 0) is 31.4 Å². The predicted molar refractivity (Wildman–Crippen MR) is 79.2 cm³/mol. The third-order valence-electron chi connectivity index (χ3n) is 3.79. The lowest BCUT2D eigenvalue weighted by Crippen LogP contribution is -2.39. The first-order chi connectivity index (χ1) is 10.3. The van der Waals surface area contributed by atoms with E-state index in [1.807, 2.05) is 12.1 Å². The highest BCUT2D eigenvalue weighted by Gasteiger charge is 2.25. The van der Waals surface area contributed by atoms with Crippen molar-refractivity contribution in [3.05, 3.63) is 18.3 Å². The summed E-state index contributed by atoms with van der Waals surface area (Å²) in [6.45, 7) is 2.48. The van der Waals surface area contributed by atoms with Crippen molar-refractivity contribution >= 4 is 5.82 Å². The first kappa shape index (κ1) is 15.2. The number of rotatable bonds is 7. The Labute approximate surface area is 125 Å². The molecule has 0 saturated carbocycles. The fraction of sp³-hybridized carbons (Fsp3) is 0.600. The minimum atomic E-state index is -0.0870. The van der Waals surface area contributed by atoms with Gasteiger partial charge in [-0.2, -0.15) is 15.6 Å². The number of hydrogen-bond donors (Lipinski definition) is 1. The Morgan fingerprint density at radius 1 is 1.48 bits per heavy atom. The van der Waals surface area contributed by atoms with Crippen LogP contribution < -0.4 is 10.2 Å². The quantitative estimate of drug-likeness (QED) is 0.815. The van der Waals surface area contributed by atoms with Crippen LogP contribution in [0, 0.1) is 28.6 Å². The highest BCUT2D eigenvalue weighted by atomic mass is 15.3. The molecule has 21 heavy (non-hydrogen) atoms. The van der Waals surface area contributed by atoms with E-state index in [1.165, 1.54) is 0 Å². The van der Waals surface area contributed by atoms with E-state index in [0.29, 0.717) is 25.4 Å². The molecule has 1 aromatic rings. The van der Waals surface area contributed by atoms with Crippen LogP contribution in [0.2, 0.25) is 0 Å². The fourth-order valence-corrected chi connectivity index (χ4v) is 2.67. The molecule has 6 nitrogen and oxygen atoms in total. The molecule has 1 N–H and O–H groups in total. The van der Waals surface area contributed by atoms with Gasteiger partial charge in [-0.1, -0.05) is 0 Å². The summed E-state index contributed by atoms with van der Waals surface area (Å²) in [5.74, 6) is 0.833. The third kappa shape index (κ3) is 4.40. The summed E-state index contributed by atoms with van der Waals surface area (Å²) in [4.78, 5) is 2.27. The number of aromatic nitrogens is 2. The van der Waals surface area contributed by atoms with Crippen molar-refractivity contribution in [3.8, 4) is 12.1 Å². The molecule has 2 atom stereocenters. The van der Waals surface area contributed by atoms with Crippen molar-refractivity contribution < 1.29 is 0 Å². The number of nitriles is 2. The third-order valence-corrected chi connectivity index (χ3v) is 3.79. The monoisotopic (exact) mass is 284 g/mol. The Bertz CT molecular complexity index is 503. The first-order valence-electron chi connectivity index (χ1n) is 7.36. The second kappa shape index (κ2) is 8.18. The average molecular weight is 284 g/mol. The minimum Gasteiger partial charge on any atom is -0.351 e. The molecule has 0 aromatic carbocycles. The van der Waals surface area contributed by atoms with Gasteiger partial charge in [0.15, 0.2) is 5.82 Å². The predicted octanol–water partition coefficient (Wildman–Crippen LogP) is 1.48. The first-order valence-corrected chi connectivity index (χ1v) is 7.36. The molecule has 0 radical (unpaired) electrons. The van der Waals surface area contributed by atoms with Crippen LogP contribution in [0.3, 0.4) is 0 Å². The van der Waals surface area contributed by atoms with Gasteiger partial charge in [0.25, 0.3) is 0 Å². The van der Waals surface area contributed by atoms with Gasteiger partial charge in [0, 0.05) is 38.3 Å². The van der Waals surface area contributed by atoms with Crippen molar-refractivity contribution in [1.82, 2.24) is 15.5 Å². The Kier molecular flexibility index (Phi) is 5.93. The number of hydrogen-bond acceptors (Lipinski definition) is 6. The van der Waals surface area contributed by atoms with Gasteiger partial charge in [0.05, 0.1) is 18.1 Å². The number of nitrogens with one attached hydrogen (secondary N) is 1. The Hall–Kier alpha value is -2.18. The second-order valence-electron chi connectivity index (χ2n) is 5.25. The largest absolute Gasteiger partial charge is 0.351 e. The van der Waals surface area contributed by atoms with Crippen LogP contribution in [0.25, 0.3) is 0 Å². The molecule has 2 heterocycles. The summed E-state index contributed by atoms with van der Waals surface area (Å²) in [6.07, 6.45) is 5.03. The van der Waals surface area contributed by atoms with E-state index in [9.17, 15) is 0 Å². The molecule has 6 heteroatoms. The average Bonchev–Trinajstić information content (AvgIpc) is 3.00. The molecular formula is C15H20N6. The van der Waals surface area contributed by atoms with E-state index in [1.54, 1.807) is 6.20 Å². The van der Waals surface area contributed by atoms with Crippen molar-refractivity contribution in [3.63, 3.8) is 0 Å². The van der Waals surface area contributed by atoms with Crippen molar-refractivity contribution in [2.24, 2.45) is 5.92 Å². The summed E-state index contributed by atoms with van der Waals surface area (Å²) in [7, 11) is 0. The van der Waals surface area contributed by atoms with Gasteiger partial charge >= 0.3 is 0 Å². The molecule has 0 amide bonds. The lowest BCUT2D eigenvalue weighted by Gasteiger charge is -2.25. The summed E-state index contributed by atoms with van der Waals surface area (Å²) in [5.41, 5.74) is 0. The van der Waals surface area contributed by atoms with E-state index in [2.05, 4.69) is 32.6 Å². The zero-order chi connectivity index (χ0) is 14.9. The summed E-state index contributed by atoms with van der Waals surface area (Å²) in [5, 5.41) is 29.1. The van der Waals surface area contributed by atoms with Crippen molar-refractivity contribution in [2.45, 2.75) is 31.7 Å². The van der Waals surface area contributed by atoms with Gasteiger partial charge in [-0.15, -0.1) is 5.10 Å². The van der Waals surface area contributed by atoms with E-state index >= 15 is 0 Å². The van der Waals surface area contributed by atoms with Gasteiger partial charge in [-0.25, -0.2) is 0 Å². The van der Waals surface area contributed by atoms with Gasteiger partial charge in [0.2, 0.25) is 0 Å². The normalized spacial score (nSPS) is 19.0. The summed E-state index contributed by atoms with van der Waals surface area (Å²) in [6, 6.07) is 8.63. The minimum absolute atomic E-state index is 0.0870. The molecular weight excluding hydrogens is 264 g/mol. The highest BCUT2D eigenvalue weighted by Crippen LogP contribution is 2.22. The lowest BCUT2D eigenvalue weighted by atomic mass is 10.1. The second-order valence-corrected chi connectivity index (χ2v) is 5.25.